The second-order valence-electron chi connectivity index (χ2n) is 6.07. The molecule has 0 spiro atoms. The minimum Gasteiger partial charge on any atom is -0.468 e. The first kappa shape index (κ1) is 20.0. The third kappa shape index (κ3) is 4.75. The molecule has 24 heavy (non-hydrogen) atoms. The number of benzene rings is 1. The Bertz CT molecular complexity index is 697. The molecule has 0 saturated heterocycles. The molecule has 0 unspecified atom stereocenters. The Hall–Kier alpha value is -2.00. The number of methoxy groups -OCH3 is 1. The van der Waals surface area contributed by atoms with Crippen LogP contribution in [0.5, 0.6) is 0 Å². The van der Waals surface area contributed by atoms with E-state index in [0.29, 0.717) is 6.42 Å². The molecule has 0 aromatic heterocycles. The van der Waals surface area contributed by atoms with E-state index < -0.39 is 32.4 Å². The lowest BCUT2D eigenvalue weighted by atomic mass is 9.81. The molecule has 8 nitrogen and oxygen atoms in total. The van der Waals surface area contributed by atoms with E-state index in [1.54, 1.807) is 13.8 Å². The predicted octanol–water partition coefficient (Wildman–Crippen LogP) is 2.24. The molecular weight excluding hydrogens is 336 g/mol. The first-order valence-electron chi connectivity index (χ1n) is 7.39. The summed E-state index contributed by atoms with van der Waals surface area (Å²) in [7, 11) is -2.84. The van der Waals surface area contributed by atoms with Crippen molar-refractivity contribution in [3.05, 3.63) is 34.4 Å². The number of hydrogen-bond acceptors (Lipinski definition) is 6. The van der Waals surface area contributed by atoms with Gasteiger partial charge in [0.05, 0.1) is 16.9 Å². The summed E-state index contributed by atoms with van der Waals surface area (Å²) in [5.41, 5.74) is -0.875. The van der Waals surface area contributed by atoms with Crippen molar-refractivity contribution in [1.29, 1.82) is 0 Å². The van der Waals surface area contributed by atoms with Gasteiger partial charge in [0.1, 0.15) is 6.04 Å². The van der Waals surface area contributed by atoms with Crippen LogP contribution in [0.4, 0.5) is 5.69 Å². The van der Waals surface area contributed by atoms with Crippen LogP contribution in [0, 0.1) is 15.5 Å². The lowest BCUT2D eigenvalue weighted by Gasteiger charge is -2.32. The number of nitrogens with one attached hydrogen (secondary N) is 1. The molecule has 0 aliphatic carbocycles. The highest BCUT2D eigenvalue weighted by Gasteiger charge is 2.38. The van der Waals surface area contributed by atoms with Gasteiger partial charge < -0.3 is 4.74 Å². The van der Waals surface area contributed by atoms with Crippen LogP contribution in [-0.2, 0) is 19.6 Å². The molecule has 0 heterocycles. The molecule has 1 N–H and O–H groups in total. The summed E-state index contributed by atoms with van der Waals surface area (Å²) in [4.78, 5) is 21.9. The summed E-state index contributed by atoms with van der Waals surface area (Å²) >= 11 is 0. The zero-order valence-electron chi connectivity index (χ0n) is 14.1. The van der Waals surface area contributed by atoms with Gasteiger partial charge in [-0.25, -0.2) is 8.42 Å². The fourth-order valence-corrected chi connectivity index (χ4v) is 3.76. The van der Waals surface area contributed by atoms with Gasteiger partial charge in [-0.05, 0) is 24.0 Å². The van der Waals surface area contributed by atoms with Gasteiger partial charge in [0.15, 0.2) is 0 Å². The van der Waals surface area contributed by atoms with E-state index in [2.05, 4.69) is 4.72 Å². The summed E-state index contributed by atoms with van der Waals surface area (Å²) in [5, 5.41) is 10.7. The summed E-state index contributed by atoms with van der Waals surface area (Å²) in [6.07, 6.45) is 1.37. The number of ether oxygens (including phenoxy) is 1. The largest absolute Gasteiger partial charge is 0.468 e. The Kier molecular flexibility index (Phi) is 6.44. The number of hydrogen-bond donors (Lipinski definition) is 1. The van der Waals surface area contributed by atoms with E-state index in [-0.39, 0.29) is 10.6 Å². The van der Waals surface area contributed by atoms with Crippen LogP contribution in [0.15, 0.2) is 29.2 Å². The summed E-state index contributed by atoms with van der Waals surface area (Å²) in [6.45, 7) is 5.48. The van der Waals surface area contributed by atoms with Crippen LogP contribution >= 0.6 is 0 Å². The number of rotatable bonds is 8. The number of nitro groups is 1. The number of non-ortho nitro benzene ring substituents is 1. The Morgan fingerprint density at radius 3 is 2.29 bits per heavy atom. The highest BCUT2D eigenvalue weighted by atomic mass is 32.2. The van der Waals surface area contributed by atoms with Crippen LogP contribution in [-0.4, -0.2) is 32.5 Å². The SMILES string of the molecule is CCCC(C)(C)[C@H](NS(=O)(=O)c1ccc([N+](=O)[O-])cc1)C(=O)OC. The zero-order chi connectivity index (χ0) is 18.5. The number of nitrogens with zero attached hydrogens (tertiary/aromatic N) is 1. The quantitative estimate of drug-likeness (QED) is 0.433. The first-order chi connectivity index (χ1) is 11.0. The molecule has 0 aliphatic rings. The third-order valence-electron chi connectivity index (χ3n) is 3.74. The van der Waals surface area contributed by atoms with Crippen LogP contribution in [0.2, 0.25) is 0 Å². The molecular formula is C15H22N2O6S. The van der Waals surface area contributed by atoms with Crippen molar-refractivity contribution in [3.8, 4) is 0 Å². The Morgan fingerprint density at radius 1 is 1.33 bits per heavy atom. The highest BCUT2D eigenvalue weighted by Crippen LogP contribution is 2.29. The van der Waals surface area contributed by atoms with Crippen molar-refractivity contribution in [1.82, 2.24) is 4.72 Å². The normalized spacial score (nSPS) is 13.3. The number of nitro benzene ring substituents is 1. The summed E-state index contributed by atoms with van der Waals surface area (Å²) < 4.78 is 32.1. The lowest BCUT2D eigenvalue weighted by molar-refractivity contribution is -0.384. The van der Waals surface area contributed by atoms with E-state index in [4.69, 9.17) is 4.74 Å². The van der Waals surface area contributed by atoms with Gasteiger partial charge in [0, 0.05) is 12.1 Å². The fourth-order valence-electron chi connectivity index (χ4n) is 2.40. The summed E-state index contributed by atoms with van der Waals surface area (Å²) in [6, 6.07) is 3.38. The van der Waals surface area contributed by atoms with Gasteiger partial charge in [-0.3, -0.25) is 14.9 Å². The van der Waals surface area contributed by atoms with E-state index in [1.165, 1.54) is 7.11 Å². The van der Waals surface area contributed by atoms with Gasteiger partial charge in [0.25, 0.3) is 5.69 Å². The maximum atomic E-state index is 12.5. The standard InChI is InChI=1S/C15H22N2O6S/c1-5-10-15(2,3)13(14(18)23-4)16-24(21,22)12-8-6-11(7-9-12)17(19)20/h6-9,13,16H,5,10H2,1-4H3/t13-/m1/s1. The maximum absolute atomic E-state index is 12.5. The van der Waals surface area contributed by atoms with Gasteiger partial charge in [-0.1, -0.05) is 27.2 Å². The van der Waals surface area contributed by atoms with E-state index in [9.17, 15) is 23.3 Å². The highest BCUT2D eigenvalue weighted by molar-refractivity contribution is 7.89. The van der Waals surface area contributed by atoms with Crippen LogP contribution in [0.25, 0.3) is 0 Å². The van der Waals surface area contributed by atoms with E-state index >= 15 is 0 Å². The molecule has 0 aliphatic heterocycles. The molecule has 0 saturated carbocycles. The molecule has 0 amide bonds. The molecule has 0 bridgehead atoms. The molecule has 0 fully saturated rings. The van der Waals surface area contributed by atoms with E-state index in [0.717, 1.165) is 30.7 Å². The Morgan fingerprint density at radius 2 is 1.88 bits per heavy atom. The van der Waals surface area contributed by atoms with Gasteiger partial charge >= 0.3 is 5.97 Å². The molecule has 9 heteroatoms. The van der Waals surface area contributed by atoms with Crippen LogP contribution < -0.4 is 4.72 Å². The zero-order valence-corrected chi connectivity index (χ0v) is 14.9. The van der Waals surface area contributed by atoms with Gasteiger partial charge in [0.2, 0.25) is 10.0 Å². The predicted molar refractivity (Wildman–Crippen MR) is 87.9 cm³/mol. The molecule has 134 valence electrons. The fraction of sp³-hybridized carbons (Fsp3) is 0.533. The minimum atomic E-state index is -4.03. The lowest BCUT2D eigenvalue weighted by Crippen LogP contribution is -2.50. The number of carbonyl (C=O) groups is 1. The third-order valence-corrected chi connectivity index (χ3v) is 5.18. The molecule has 1 aromatic carbocycles. The average Bonchev–Trinajstić information content (AvgIpc) is 2.51. The van der Waals surface area contributed by atoms with Crippen molar-refractivity contribution in [3.63, 3.8) is 0 Å². The monoisotopic (exact) mass is 358 g/mol. The summed E-state index contributed by atoms with van der Waals surface area (Å²) in [5.74, 6) is -0.682. The Labute approximate surface area is 141 Å². The van der Waals surface area contributed by atoms with E-state index in [1.807, 2.05) is 6.92 Å². The van der Waals surface area contributed by atoms with Crippen LogP contribution in [0.1, 0.15) is 33.6 Å². The number of esters is 1. The maximum Gasteiger partial charge on any atom is 0.324 e. The van der Waals surface area contributed by atoms with Gasteiger partial charge in [-0.15, -0.1) is 0 Å². The van der Waals surface area contributed by atoms with Crippen molar-refractivity contribution >= 4 is 21.7 Å². The smallest absolute Gasteiger partial charge is 0.324 e. The first-order valence-corrected chi connectivity index (χ1v) is 8.88. The van der Waals surface area contributed by atoms with Crippen molar-refractivity contribution in [2.75, 3.05) is 7.11 Å². The number of sulfonamides is 1. The second kappa shape index (κ2) is 7.71. The Balaban J connectivity index is 3.15. The minimum absolute atomic E-state index is 0.158. The van der Waals surface area contributed by atoms with Crippen LogP contribution in [0.3, 0.4) is 0 Å². The molecule has 1 rings (SSSR count). The van der Waals surface area contributed by atoms with Crippen molar-refractivity contribution < 1.29 is 22.9 Å². The average molecular weight is 358 g/mol. The molecule has 1 aromatic rings. The van der Waals surface area contributed by atoms with Gasteiger partial charge in [-0.2, -0.15) is 4.72 Å². The number of carbonyl (C=O) groups excluding carboxylic acids is 1. The molecule has 0 radical (unpaired) electrons. The second-order valence-corrected chi connectivity index (χ2v) is 7.78. The van der Waals surface area contributed by atoms with Crippen molar-refractivity contribution in [2.45, 2.75) is 44.6 Å². The van der Waals surface area contributed by atoms with Crippen molar-refractivity contribution in [2.24, 2.45) is 5.41 Å². The molecule has 1 atom stereocenters. The topological polar surface area (TPSA) is 116 Å².